The Morgan fingerprint density at radius 2 is 2.32 bits per heavy atom. The summed E-state index contributed by atoms with van der Waals surface area (Å²) in [5.74, 6) is 0.651. The molecule has 3 heterocycles. The minimum absolute atomic E-state index is 0.139. The van der Waals surface area contributed by atoms with E-state index in [1.165, 1.54) is 0 Å². The molecule has 1 atom stereocenters. The van der Waals surface area contributed by atoms with Crippen molar-refractivity contribution in [3.63, 3.8) is 0 Å². The van der Waals surface area contributed by atoms with Gasteiger partial charge in [-0.05, 0) is 25.0 Å². The molecule has 2 aromatic rings. The van der Waals surface area contributed by atoms with Crippen LogP contribution in [0, 0.1) is 0 Å². The Morgan fingerprint density at radius 3 is 3.00 bits per heavy atom. The smallest absolute Gasteiger partial charge is 0.253 e. The number of nitrogens with zero attached hydrogens (tertiary/aromatic N) is 4. The highest BCUT2D eigenvalue weighted by Gasteiger charge is 2.21. The van der Waals surface area contributed by atoms with Gasteiger partial charge >= 0.3 is 0 Å². The molecule has 0 unspecified atom stereocenters. The molecule has 132 valence electrons. The molecule has 1 amide bonds. The lowest BCUT2D eigenvalue weighted by Gasteiger charge is -2.34. The highest BCUT2D eigenvalue weighted by Crippen LogP contribution is 2.21. The first-order valence-electron chi connectivity index (χ1n) is 8.51. The first-order valence-corrected chi connectivity index (χ1v) is 8.51. The van der Waals surface area contributed by atoms with Crippen LogP contribution in [0.15, 0.2) is 43.4 Å². The molecule has 0 saturated carbocycles. The standard InChI is InChI=1S/C18H24N6O/c1-3-8-19-18(25)14-6-7-17(20-10-14)22-15-5-4-9-24(12-15)16-11-21-23(2)13-16/h3,6-7,10-11,13,15H,1,4-5,8-9,12H2,2H3,(H,19,25)(H,20,22)/t15-/m0/s1. The zero-order valence-corrected chi connectivity index (χ0v) is 14.5. The third-order valence-corrected chi connectivity index (χ3v) is 4.26. The molecular formula is C18H24N6O. The molecule has 0 aliphatic carbocycles. The summed E-state index contributed by atoms with van der Waals surface area (Å²) in [5, 5.41) is 10.5. The van der Waals surface area contributed by atoms with Gasteiger partial charge in [-0.25, -0.2) is 4.98 Å². The van der Waals surface area contributed by atoms with Gasteiger partial charge in [0.2, 0.25) is 0 Å². The van der Waals surface area contributed by atoms with Gasteiger partial charge in [0, 0.05) is 45.1 Å². The van der Waals surface area contributed by atoms with Gasteiger partial charge in [0.25, 0.3) is 5.91 Å². The maximum absolute atomic E-state index is 11.9. The number of carbonyl (C=O) groups excluding carboxylic acids is 1. The van der Waals surface area contributed by atoms with Crippen LogP contribution in [-0.2, 0) is 7.05 Å². The topological polar surface area (TPSA) is 75.1 Å². The molecule has 3 rings (SSSR count). The molecule has 7 heteroatoms. The average Bonchev–Trinajstić information content (AvgIpc) is 3.07. The van der Waals surface area contributed by atoms with E-state index < -0.39 is 0 Å². The number of pyridine rings is 1. The third-order valence-electron chi connectivity index (χ3n) is 4.26. The van der Waals surface area contributed by atoms with Crippen LogP contribution < -0.4 is 15.5 Å². The van der Waals surface area contributed by atoms with Crippen LogP contribution in [0.4, 0.5) is 11.5 Å². The summed E-state index contributed by atoms with van der Waals surface area (Å²) in [6.07, 6.45) is 9.41. The van der Waals surface area contributed by atoms with Crippen molar-refractivity contribution in [2.45, 2.75) is 18.9 Å². The second-order valence-electron chi connectivity index (χ2n) is 6.23. The molecule has 1 saturated heterocycles. The van der Waals surface area contributed by atoms with Crippen LogP contribution in [-0.4, -0.2) is 46.3 Å². The Balaban J connectivity index is 1.58. The molecule has 0 aromatic carbocycles. The fraction of sp³-hybridized carbons (Fsp3) is 0.389. The van der Waals surface area contributed by atoms with Crippen LogP contribution in [0.3, 0.4) is 0 Å². The maximum Gasteiger partial charge on any atom is 0.253 e. The molecule has 2 N–H and O–H groups in total. The van der Waals surface area contributed by atoms with E-state index in [1.54, 1.807) is 18.3 Å². The number of nitrogens with one attached hydrogen (secondary N) is 2. The van der Waals surface area contributed by atoms with Crippen LogP contribution in [0.25, 0.3) is 0 Å². The Labute approximate surface area is 147 Å². The summed E-state index contributed by atoms with van der Waals surface area (Å²) >= 11 is 0. The van der Waals surface area contributed by atoms with Gasteiger partial charge in [-0.2, -0.15) is 5.10 Å². The molecule has 0 radical (unpaired) electrons. The van der Waals surface area contributed by atoms with E-state index in [9.17, 15) is 4.79 Å². The second-order valence-corrected chi connectivity index (χ2v) is 6.23. The van der Waals surface area contributed by atoms with Gasteiger partial charge in [0.05, 0.1) is 17.4 Å². The molecule has 7 nitrogen and oxygen atoms in total. The molecule has 1 aliphatic heterocycles. The van der Waals surface area contributed by atoms with E-state index in [4.69, 9.17) is 0 Å². The van der Waals surface area contributed by atoms with E-state index >= 15 is 0 Å². The number of amides is 1. The van der Waals surface area contributed by atoms with E-state index in [1.807, 2.05) is 30.2 Å². The zero-order valence-electron chi connectivity index (χ0n) is 14.5. The number of carbonyl (C=O) groups is 1. The fourth-order valence-corrected chi connectivity index (χ4v) is 2.99. The summed E-state index contributed by atoms with van der Waals surface area (Å²) in [6.45, 7) is 5.99. The van der Waals surface area contributed by atoms with Gasteiger partial charge in [-0.1, -0.05) is 6.08 Å². The Hall–Kier alpha value is -2.83. The second kappa shape index (κ2) is 7.83. The van der Waals surface area contributed by atoms with Gasteiger partial charge in [-0.3, -0.25) is 9.48 Å². The summed E-state index contributed by atoms with van der Waals surface area (Å²) < 4.78 is 1.82. The number of piperidine rings is 1. The first kappa shape index (κ1) is 17.0. The van der Waals surface area contributed by atoms with Gasteiger partial charge < -0.3 is 15.5 Å². The lowest BCUT2D eigenvalue weighted by Crippen LogP contribution is -2.42. The number of aromatic nitrogens is 3. The lowest BCUT2D eigenvalue weighted by atomic mass is 10.1. The van der Waals surface area contributed by atoms with E-state index in [0.29, 0.717) is 18.2 Å². The van der Waals surface area contributed by atoms with Crippen molar-refractivity contribution in [3.8, 4) is 0 Å². The minimum Gasteiger partial charge on any atom is -0.367 e. The van der Waals surface area contributed by atoms with Crippen LogP contribution >= 0.6 is 0 Å². The van der Waals surface area contributed by atoms with Crippen molar-refractivity contribution in [3.05, 3.63) is 48.9 Å². The number of rotatable bonds is 6. The molecule has 25 heavy (non-hydrogen) atoms. The largest absolute Gasteiger partial charge is 0.367 e. The van der Waals surface area contributed by atoms with Gasteiger partial charge in [0.1, 0.15) is 5.82 Å². The van der Waals surface area contributed by atoms with Crippen molar-refractivity contribution in [1.29, 1.82) is 0 Å². The quantitative estimate of drug-likeness (QED) is 0.785. The van der Waals surface area contributed by atoms with Crippen LogP contribution in [0.2, 0.25) is 0 Å². The molecule has 0 bridgehead atoms. The normalized spacial score (nSPS) is 17.2. The monoisotopic (exact) mass is 340 g/mol. The lowest BCUT2D eigenvalue weighted by molar-refractivity contribution is 0.0957. The summed E-state index contributed by atoms with van der Waals surface area (Å²) in [5.41, 5.74) is 1.70. The number of anilines is 2. The Morgan fingerprint density at radius 1 is 1.44 bits per heavy atom. The highest BCUT2D eigenvalue weighted by atomic mass is 16.1. The predicted octanol–water partition coefficient (Wildman–Crippen LogP) is 1.81. The molecular weight excluding hydrogens is 316 g/mol. The Bertz CT molecular complexity index is 723. The first-order chi connectivity index (χ1) is 12.2. The average molecular weight is 340 g/mol. The number of hydrogen-bond donors (Lipinski definition) is 2. The van der Waals surface area contributed by atoms with Crippen LogP contribution in [0.5, 0.6) is 0 Å². The number of hydrogen-bond acceptors (Lipinski definition) is 5. The van der Waals surface area contributed by atoms with Crippen molar-refractivity contribution in [2.24, 2.45) is 7.05 Å². The Kier molecular flexibility index (Phi) is 5.33. The van der Waals surface area contributed by atoms with Gasteiger partial charge in [-0.15, -0.1) is 6.58 Å². The van der Waals surface area contributed by atoms with E-state index in [2.05, 4.69) is 32.2 Å². The van der Waals surface area contributed by atoms with Crippen molar-refractivity contribution < 1.29 is 4.79 Å². The summed E-state index contributed by atoms with van der Waals surface area (Å²) in [6, 6.07) is 3.96. The predicted molar refractivity (Wildman–Crippen MR) is 98.8 cm³/mol. The van der Waals surface area contributed by atoms with Crippen molar-refractivity contribution in [1.82, 2.24) is 20.1 Å². The van der Waals surface area contributed by atoms with Crippen molar-refractivity contribution in [2.75, 3.05) is 29.9 Å². The molecule has 0 spiro atoms. The maximum atomic E-state index is 11.9. The van der Waals surface area contributed by atoms with Crippen molar-refractivity contribution >= 4 is 17.4 Å². The molecule has 1 fully saturated rings. The summed E-state index contributed by atoms with van der Waals surface area (Å²) in [7, 11) is 1.93. The van der Waals surface area contributed by atoms with E-state index in [-0.39, 0.29) is 5.91 Å². The third kappa shape index (κ3) is 4.37. The van der Waals surface area contributed by atoms with E-state index in [0.717, 1.165) is 37.4 Å². The number of aryl methyl sites for hydroxylation is 1. The molecule has 1 aliphatic rings. The minimum atomic E-state index is -0.139. The van der Waals surface area contributed by atoms with Gasteiger partial charge in [0.15, 0.2) is 0 Å². The highest BCUT2D eigenvalue weighted by molar-refractivity contribution is 5.94. The fourth-order valence-electron chi connectivity index (χ4n) is 2.99. The summed E-state index contributed by atoms with van der Waals surface area (Å²) in [4.78, 5) is 18.6. The zero-order chi connectivity index (χ0) is 17.6. The molecule has 2 aromatic heterocycles. The van der Waals surface area contributed by atoms with Crippen LogP contribution in [0.1, 0.15) is 23.2 Å². The SMILES string of the molecule is C=CCNC(=O)c1ccc(N[C@H]2CCCN(c3cnn(C)c3)C2)nc1.